The van der Waals surface area contributed by atoms with Crippen LogP contribution in [0, 0.1) is 0 Å². The van der Waals surface area contributed by atoms with Crippen molar-refractivity contribution in [2.45, 2.75) is 13.0 Å². The Balaban J connectivity index is 2.17. The highest BCUT2D eigenvalue weighted by Gasteiger charge is 2.16. The lowest BCUT2D eigenvalue weighted by Gasteiger charge is -2.31. The summed E-state index contributed by atoms with van der Waals surface area (Å²) in [6.07, 6.45) is 5.03. The number of likely N-dealkylation sites (tertiary alicyclic amines) is 1. The van der Waals surface area contributed by atoms with Gasteiger partial charge in [0.1, 0.15) is 0 Å². The molecule has 0 saturated carbocycles. The van der Waals surface area contributed by atoms with E-state index >= 15 is 0 Å². The average Bonchev–Trinajstić information content (AvgIpc) is 2.00. The molecular weight excluding hydrogens is 296 g/mol. The summed E-state index contributed by atoms with van der Waals surface area (Å²) in [7, 11) is 0. The van der Waals surface area contributed by atoms with Gasteiger partial charge in [0.2, 0.25) is 0 Å². The molecule has 1 aliphatic rings. The van der Waals surface area contributed by atoms with Gasteiger partial charge in [-0.1, -0.05) is 0 Å². The molecule has 70 valence electrons. The predicted molar refractivity (Wildman–Crippen MR) is 59.5 cm³/mol. The topological polar surface area (TPSA) is 16.1 Å². The van der Waals surface area contributed by atoms with Crippen molar-refractivity contribution >= 4 is 31.9 Å². The fourth-order valence-corrected chi connectivity index (χ4v) is 2.53. The Morgan fingerprint density at radius 2 is 1.85 bits per heavy atom. The highest BCUT2D eigenvalue weighted by atomic mass is 79.9. The molecule has 0 N–H and O–H groups in total. The molecule has 0 unspecified atom stereocenters. The van der Waals surface area contributed by atoms with E-state index in [1.54, 1.807) is 0 Å². The number of hydrogen-bond acceptors (Lipinski definition) is 2. The maximum Gasteiger partial charge on any atom is 0.0415 e. The highest BCUT2D eigenvalue weighted by molar-refractivity contribution is 9.11. The second-order valence-corrected chi connectivity index (χ2v) is 4.92. The van der Waals surface area contributed by atoms with Gasteiger partial charge in [-0.15, -0.1) is 0 Å². The van der Waals surface area contributed by atoms with Crippen LogP contribution in [-0.4, -0.2) is 23.0 Å². The van der Waals surface area contributed by atoms with E-state index in [-0.39, 0.29) is 0 Å². The van der Waals surface area contributed by atoms with Crippen LogP contribution in [-0.2, 0) is 6.54 Å². The SMILES string of the molecule is Brc1cncc(Br)c1CN1CCC1. The van der Waals surface area contributed by atoms with E-state index in [0.717, 1.165) is 15.5 Å². The maximum absolute atomic E-state index is 4.08. The molecule has 1 fully saturated rings. The van der Waals surface area contributed by atoms with E-state index in [1.807, 2.05) is 12.4 Å². The summed E-state index contributed by atoms with van der Waals surface area (Å²) in [5.74, 6) is 0. The number of rotatable bonds is 2. The Hall–Kier alpha value is 0.0700. The van der Waals surface area contributed by atoms with Crippen LogP contribution >= 0.6 is 31.9 Å². The molecular formula is C9H10Br2N2. The Morgan fingerprint density at radius 3 is 2.31 bits per heavy atom. The lowest BCUT2D eigenvalue weighted by atomic mass is 10.2. The maximum atomic E-state index is 4.08. The van der Waals surface area contributed by atoms with Crippen LogP contribution in [0.25, 0.3) is 0 Å². The zero-order chi connectivity index (χ0) is 9.26. The molecule has 0 aliphatic carbocycles. The molecule has 1 aliphatic heterocycles. The predicted octanol–water partition coefficient (Wildman–Crippen LogP) is 2.81. The zero-order valence-corrected chi connectivity index (χ0v) is 10.3. The minimum Gasteiger partial charge on any atom is -0.299 e. The number of pyridine rings is 1. The van der Waals surface area contributed by atoms with Gasteiger partial charge in [-0.2, -0.15) is 0 Å². The van der Waals surface area contributed by atoms with E-state index in [4.69, 9.17) is 0 Å². The first-order valence-electron chi connectivity index (χ1n) is 4.27. The summed E-state index contributed by atoms with van der Waals surface area (Å²) >= 11 is 7.02. The van der Waals surface area contributed by atoms with Gasteiger partial charge in [0, 0.05) is 27.9 Å². The summed E-state index contributed by atoms with van der Waals surface area (Å²) in [4.78, 5) is 6.50. The molecule has 2 heterocycles. The summed E-state index contributed by atoms with van der Waals surface area (Å²) < 4.78 is 2.18. The van der Waals surface area contributed by atoms with Gasteiger partial charge in [-0.25, -0.2) is 0 Å². The Bertz CT molecular complexity index is 290. The van der Waals surface area contributed by atoms with Crippen molar-refractivity contribution in [1.82, 2.24) is 9.88 Å². The Labute approximate surface area is 94.6 Å². The first kappa shape index (κ1) is 9.62. The van der Waals surface area contributed by atoms with Crippen molar-refractivity contribution in [3.8, 4) is 0 Å². The van der Waals surface area contributed by atoms with Crippen molar-refractivity contribution in [2.75, 3.05) is 13.1 Å². The summed E-state index contributed by atoms with van der Waals surface area (Å²) in [6, 6.07) is 0. The molecule has 4 heteroatoms. The monoisotopic (exact) mass is 304 g/mol. The number of aromatic nitrogens is 1. The third kappa shape index (κ3) is 2.11. The van der Waals surface area contributed by atoms with Crippen molar-refractivity contribution in [3.05, 3.63) is 26.9 Å². The van der Waals surface area contributed by atoms with Crippen LogP contribution in [0.1, 0.15) is 12.0 Å². The Morgan fingerprint density at radius 1 is 1.23 bits per heavy atom. The second-order valence-electron chi connectivity index (χ2n) is 3.21. The van der Waals surface area contributed by atoms with E-state index in [9.17, 15) is 0 Å². The highest BCUT2D eigenvalue weighted by Crippen LogP contribution is 2.26. The van der Waals surface area contributed by atoms with Crippen LogP contribution < -0.4 is 0 Å². The minimum absolute atomic E-state index is 1.02. The molecule has 1 aromatic heterocycles. The molecule has 0 amide bonds. The molecule has 0 radical (unpaired) electrons. The third-order valence-electron chi connectivity index (χ3n) is 2.28. The van der Waals surface area contributed by atoms with Gasteiger partial charge in [-0.05, 0) is 56.9 Å². The molecule has 0 spiro atoms. The van der Waals surface area contributed by atoms with Crippen LogP contribution in [0.4, 0.5) is 0 Å². The summed E-state index contributed by atoms with van der Waals surface area (Å²) in [6.45, 7) is 3.46. The van der Waals surface area contributed by atoms with Crippen molar-refractivity contribution in [3.63, 3.8) is 0 Å². The van der Waals surface area contributed by atoms with Gasteiger partial charge in [0.15, 0.2) is 0 Å². The number of halogens is 2. The van der Waals surface area contributed by atoms with Gasteiger partial charge in [-0.3, -0.25) is 9.88 Å². The zero-order valence-electron chi connectivity index (χ0n) is 7.13. The molecule has 1 saturated heterocycles. The molecule has 1 aromatic rings. The largest absolute Gasteiger partial charge is 0.299 e. The van der Waals surface area contributed by atoms with Gasteiger partial charge in [0.25, 0.3) is 0 Å². The van der Waals surface area contributed by atoms with Crippen molar-refractivity contribution in [2.24, 2.45) is 0 Å². The normalized spacial score (nSPS) is 17.1. The number of nitrogens with zero attached hydrogens (tertiary/aromatic N) is 2. The van der Waals surface area contributed by atoms with E-state index in [2.05, 4.69) is 41.7 Å². The molecule has 0 bridgehead atoms. The Kier molecular flexibility index (Phi) is 3.01. The first-order chi connectivity index (χ1) is 6.27. The number of hydrogen-bond donors (Lipinski definition) is 0. The lowest BCUT2D eigenvalue weighted by molar-refractivity contribution is 0.172. The van der Waals surface area contributed by atoms with Crippen LogP contribution in [0.5, 0.6) is 0 Å². The molecule has 2 nitrogen and oxygen atoms in total. The molecule has 0 atom stereocenters. The molecule has 0 aromatic carbocycles. The summed E-state index contributed by atoms with van der Waals surface area (Å²) in [5, 5.41) is 0. The standard InChI is InChI=1S/C9H10Br2N2/c10-8-4-12-5-9(11)7(8)6-13-2-1-3-13/h4-5H,1-3,6H2. The second kappa shape index (κ2) is 4.07. The van der Waals surface area contributed by atoms with Gasteiger partial charge >= 0.3 is 0 Å². The quantitative estimate of drug-likeness (QED) is 0.835. The van der Waals surface area contributed by atoms with Crippen molar-refractivity contribution in [1.29, 1.82) is 0 Å². The van der Waals surface area contributed by atoms with Crippen molar-refractivity contribution < 1.29 is 0 Å². The fraction of sp³-hybridized carbons (Fsp3) is 0.444. The van der Waals surface area contributed by atoms with Crippen LogP contribution in [0.2, 0.25) is 0 Å². The average molecular weight is 306 g/mol. The fourth-order valence-electron chi connectivity index (χ4n) is 1.35. The van der Waals surface area contributed by atoms with Gasteiger partial charge < -0.3 is 0 Å². The third-order valence-corrected chi connectivity index (χ3v) is 3.65. The van der Waals surface area contributed by atoms with E-state index < -0.39 is 0 Å². The first-order valence-corrected chi connectivity index (χ1v) is 5.86. The summed E-state index contributed by atoms with van der Waals surface area (Å²) in [5.41, 5.74) is 1.30. The van der Waals surface area contributed by atoms with Gasteiger partial charge in [0.05, 0.1) is 0 Å². The minimum atomic E-state index is 1.02. The van der Waals surface area contributed by atoms with E-state index in [1.165, 1.54) is 25.1 Å². The van der Waals surface area contributed by atoms with Crippen LogP contribution in [0.15, 0.2) is 21.3 Å². The van der Waals surface area contributed by atoms with E-state index in [0.29, 0.717) is 0 Å². The smallest absolute Gasteiger partial charge is 0.0415 e. The molecule has 2 rings (SSSR count). The van der Waals surface area contributed by atoms with Crippen LogP contribution in [0.3, 0.4) is 0 Å². The molecule has 13 heavy (non-hydrogen) atoms. The lowest BCUT2D eigenvalue weighted by Crippen LogP contribution is -2.36.